The molecule has 1 aliphatic rings. The molecule has 1 unspecified atom stereocenters. The van der Waals surface area contributed by atoms with Crippen LogP contribution in [0.25, 0.3) is 5.76 Å². The van der Waals surface area contributed by atoms with E-state index < -0.39 is 17.7 Å². The maximum atomic E-state index is 12.9. The van der Waals surface area contributed by atoms with Crippen molar-refractivity contribution >= 4 is 44.7 Å². The molecule has 3 aromatic rings. The third kappa shape index (κ3) is 3.39. The number of hydrogen-bond acceptors (Lipinski definition) is 5. The number of likely N-dealkylation sites (tertiary alicyclic amines) is 1. The average Bonchev–Trinajstić information content (AvgIpc) is 3.32. The van der Waals surface area contributed by atoms with Gasteiger partial charge in [0.05, 0.1) is 11.6 Å². The van der Waals surface area contributed by atoms with Crippen LogP contribution in [0.3, 0.4) is 0 Å². The Kier molecular flexibility index (Phi) is 5.11. The number of thiophene rings is 1. The van der Waals surface area contributed by atoms with E-state index in [2.05, 4.69) is 20.9 Å². The summed E-state index contributed by atoms with van der Waals surface area (Å²) in [6.45, 7) is 0.257. The normalized spacial score (nSPS) is 18.6. The number of amides is 1. The minimum absolute atomic E-state index is 0.115. The van der Waals surface area contributed by atoms with Crippen molar-refractivity contribution in [2.24, 2.45) is 0 Å². The summed E-state index contributed by atoms with van der Waals surface area (Å²) in [4.78, 5) is 32.0. The molecule has 7 heteroatoms. The van der Waals surface area contributed by atoms with Gasteiger partial charge in [-0.05, 0) is 41.3 Å². The standard InChI is InChI=1S/C21H15BrN2O3S/c22-15-5-3-14(4-6-15)19(25)17-18(16-2-1-11-28-16)24(21(27)20(17)26)12-13-7-9-23-10-8-13/h1-11,18,25H,12H2/b19-17-. The van der Waals surface area contributed by atoms with Gasteiger partial charge in [0, 0.05) is 33.9 Å². The van der Waals surface area contributed by atoms with Crippen LogP contribution in [0.2, 0.25) is 0 Å². The zero-order chi connectivity index (χ0) is 19.7. The number of halogens is 1. The highest BCUT2D eigenvalue weighted by atomic mass is 79.9. The summed E-state index contributed by atoms with van der Waals surface area (Å²) in [6, 6.07) is 13.7. The van der Waals surface area contributed by atoms with Crippen molar-refractivity contribution in [1.82, 2.24) is 9.88 Å². The van der Waals surface area contributed by atoms with Crippen molar-refractivity contribution in [3.05, 3.63) is 92.4 Å². The van der Waals surface area contributed by atoms with Gasteiger partial charge in [-0.15, -0.1) is 11.3 Å². The summed E-state index contributed by atoms with van der Waals surface area (Å²) in [7, 11) is 0. The number of pyridine rings is 1. The molecule has 0 aliphatic carbocycles. The Morgan fingerprint density at radius 1 is 1.11 bits per heavy atom. The number of nitrogens with zero attached hydrogens (tertiary/aromatic N) is 2. The summed E-state index contributed by atoms with van der Waals surface area (Å²) in [6.07, 6.45) is 3.29. The van der Waals surface area contributed by atoms with Crippen LogP contribution in [0, 0.1) is 0 Å². The van der Waals surface area contributed by atoms with Crippen LogP contribution >= 0.6 is 27.3 Å². The number of hydrogen-bond donors (Lipinski definition) is 1. The molecule has 2 aromatic heterocycles. The Morgan fingerprint density at radius 3 is 2.46 bits per heavy atom. The lowest BCUT2D eigenvalue weighted by Gasteiger charge is -2.24. The molecule has 1 fully saturated rings. The largest absolute Gasteiger partial charge is 0.507 e. The third-order valence-electron chi connectivity index (χ3n) is 4.57. The Hall–Kier alpha value is -2.77. The van der Waals surface area contributed by atoms with Gasteiger partial charge in [0.1, 0.15) is 5.76 Å². The number of aromatic nitrogens is 1. The number of ketones is 1. The maximum absolute atomic E-state index is 12.9. The first kappa shape index (κ1) is 18.6. The number of carbonyl (C=O) groups is 2. The van der Waals surface area contributed by atoms with Crippen molar-refractivity contribution in [3.63, 3.8) is 0 Å². The molecular formula is C21H15BrN2O3S. The molecule has 1 aromatic carbocycles. The van der Waals surface area contributed by atoms with Crippen molar-refractivity contribution in [3.8, 4) is 0 Å². The molecule has 0 bridgehead atoms. The van der Waals surface area contributed by atoms with Crippen molar-refractivity contribution in [2.75, 3.05) is 0 Å². The topological polar surface area (TPSA) is 70.5 Å². The van der Waals surface area contributed by atoms with Crippen LogP contribution in [0.5, 0.6) is 0 Å². The Labute approximate surface area is 174 Å². The Bertz CT molecular complexity index is 1050. The van der Waals surface area contributed by atoms with Crippen LogP contribution in [-0.4, -0.2) is 26.7 Å². The van der Waals surface area contributed by atoms with Gasteiger partial charge >= 0.3 is 0 Å². The molecule has 140 valence electrons. The molecule has 28 heavy (non-hydrogen) atoms. The molecular weight excluding hydrogens is 440 g/mol. The first-order valence-electron chi connectivity index (χ1n) is 8.53. The summed E-state index contributed by atoms with van der Waals surface area (Å²) >= 11 is 4.81. The van der Waals surface area contributed by atoms with E-state index >= 15 is 0 Å². The molecule has 4 rings (SSSR count). The molecule has 5 nitrogen and oxygen atoms in total. The molecule has 1 amide bonds. The molecule has 0 saturated carbocycles. The van der Waals surface area contributed by atoms with Crippen LogP contribution in [0.4, 0.5) is 0 Å². The van der Waals surface area contributed by atoms with Gasteiger partial charge in [0.15, 0.2) is 0 Å². The van der Waals surface area contributed by atoms with E-state index in [1.165, 1.54) is 16.2 Å². The zero-order valence-electron chi connectivity index (χ0n) is 14.6. The minimum Gasteiger partial charge on any atom is -0.507 e. The van der Waals surface area contributed by atoms with E-state index in [9.17, 15) is 14.7 Å². The summed E-state index contributed by atoms with van der Waals surface area (Å²) in [5, 5.41) is 12.8. The highest BCUT2D eigenvalue weighted by Crippen LogP contribution is 2.41. The quantitative estimate of drug-likeness (QED) is 0.357. The molecule has 0 spiro atoms. The lowest BCUT2D eigenvalue weighted by atomic mass is 10.00. The van der Waals surface area contributed by atoms with E-state index in [-0.39, 0.29) is 17.9 Å². The number of aliphatic hydroxyl groups excluding tert-OH is 1. The number of aliphatic hydroxyl groups is 1. The number of benzene rings is 1. The third-order valence-corrected chi connectivity index (χ3v) is 6.03. The molecule has 1 atom stereocenters. The van der Waals surface area contributed by atoms with Gasteiger partial charge in [-0.25, -0.2) is 0 Å². The van der Waals surface area contributed by atoms with Gasteiger partial charge < -0.3 is 10.0 Å². The van der Waals surface area contributed by atoms with Crippen LogP contribution in [-0.2, 0) is 16.1 Å². The molecule has 1 N–H and O–H groups in total. The first-order valence-corrected chi connectivity index (χ1v) is 10.2. The predicted octanol–water partition coefficient (Wildman–Crippen LogP) is 4.53. The summed E-state index contributed by atoms with van der Waals surface area (Å²) < 4.78 is 0.858. The SMILES string of the molecule is O=C1C(=O)N(Cc2ccncc2)C(c2cccs2)/C1=C(/O)c1ccc(Br)cc1. The lowest BCUT2D eigenvalue weighted by Crippen LogP contribution is -2.28. The fraction of sp³-hybridized carbons (Fsp3) is 0.0952. The van der Waals surface area contributed by atoms with E-state index in [0.29, 0.717) is 5.56 Å². The van der Waals surface area contributed by atoms with E-state index in [0.717, 1.165) is 14.9 Å². The van der Waals surface area contributed by atoms with Crippen LogP contribution < -0.4 is 0 Å². The monoisotopic (exact) mass is 454 g/mol. The highest BCUT2D eigenvalue weighted by molar-refractivity contribution is 9.10. The minimum atomic E-state index is -0.673. The lowest BCUT2D eigenvalue weighted by molar-refractivity contribution is -0.140. The number of Topliss-reactive ketones (excluding diaryl/α,β-unsaturated/α-hetero) is 1. The van der Waals surface area contributed by atoms with Gasteiger partial charge in [-0.3, -0.25) is 14.6 Å². The van der Waals surface area contributed by atoms with E-state index in [1.807, 2.05) is 17.5 Å². The van der Waals surface area contributed by atoms with Gasteiger partial charge in [-0.2, -0.15) is 0 Å². The fourth-order valence-corrected chi connectivity index (χ4v) is 4.34. The highest BCUT2D eigenvalue weighted by Gasteiger charge is 2.46. The van der Waals surface area contributed by atoms with Gasteiger partial charge in [-0.1, -0.05) is 34.1 Å². The van der Waals surface area contributed by atoms with E-state index in [1.54, 1.807) is 48.8 Å². The Morgan fingerprint density at radius 2 is 1.82 bits per heavy atom. The van der Waals surface area contributed by atoms with Crippen LogP contribution in [0.15, 0.2) is 76.4 Å². The summed E-state index contributed by atoms with van der Waals surface area (Å²) in [5.74, 6) is -1.46. The van der Waals surface area contributed by atoms with Crippen molar-refractivity contribution in [1.29, 1.82) is 0 Å². The van der Waals surface area contributed by atoms with E-state index in [4.69, 9.17) is 0 Å². The second-order valence-electron chi connectivity index (χ2n) is 6.30. The predicted molar refractivity (Wildman–Crippen MR) is 111 cm³/mol. The molecule has 1 saturated heterocycles. The molecule has 3 heterocycles. The molecule has 0 radical (unpaired) electrons. The number of carbonyl (C=O) groups excluding carboxylic acids is 2. The molecule has 1 aliphatic heterocycles. The van der Waals surface area contributed by atoms with Crippen LogP contribution in [0.1, 0.15) is 22.0 Å². The maximum Gasteiger partial charge on any atom is 0.295 e. The average molecular weight is 455 g/mol. The van der Waals surface area contributed by atoms with Gasteiger partial charge in [0.25, 0.3) is 11.7 Å². The van der Waals surface area contributed by atoms with Gasteiger partial charge in [0.2, 0.25) is 0 Å². The fourth-order valence-electron chi connectivity index (χ4n) is 3.23. The second kappa shape index (κ2) is 7.69. The first-order chi connectivity index (χ1) is 13.6. The smallest absolute Gasteiger partial charge is 0.295 e. The second-order valence-corrected chi connectivity index (χ2v) is 8.20. The number of rotatable bonds is 4. The van der Waals surface area contributed by atoms with Crippen molar-refractivity contribution < 1.29 is 14.7 Å². The zero-order valence-corrected chi connectivity index (χ0v) is 17.0. The van der Waals surface area contributed by atoms with Crippen molar-refractivity contribution in [2.45, 2.75) is 12.6 Å². The Balaban J connectivity index is 1.83. The summed E-state index contributed by atoms with van der Waals surface area (Å²) in [5.41, 5.74) is 1.47.